The van der Waals surface area contributed by atoms with Gasteiger partial charge in [0.05, 0.1) is 43.6 Å². The van der Waals surface area contributed by atoms with Gasteiger partial charge in [-0.3, -0.25) is 4.90 Å². The van der Waals surface area contributed by atoms with Gasteiger partial charge in [0.15, 0.2) is 0 Å². The summed E-state index contributed by atoms with van der Waals surface area (Å²) in [5, 5.41) is 3.76. The molecular formula is C23H38F2N2O3. The second-order valence-corrected chi connectivity index (χ2v) is 10.2. The summed E-state index contributed by atoms with van der Waals surface area (Å²) in [5.74, 6) is 0.372. The lowest BCUT2D eigenvalue weighted by atomic mass is 9.70. The number of hydrogen-bond donors (Lipinski definition) is 1. The van der Waals surface area contributed by atoms with Crippen LogP contribution in [0.1, 0.15) is 51.4 Å². The van der Waals surface area contributed by atoms with Crippen molar-refractivity contribution >= 4 is 0 Å². The highest BCUT2D eigenvalue weighted by Gasteiger charge is 2.49. The first-order valence-corrected chi connectivity index (χ1v) is 12.2. The number of ether oxygens (including phenoxy) is 3. The second-order valence-electron chi connectivity index (χ2n) is 10.2. The normalized spacial score (nSPS) is 48.8. The van der Waals surface area contributed by atoms with Crippen LogP contribution in [0.25, 0.3) is 0 Å². The number of morpholine rings is 1. The lowest BCUT2D eigenvalue weighted by molar-refractivity contribution is -0.109. The summed E-state index contributed by atoms with van der Waals surface area (Å²) >= 11 is 0. The molecule has 30 heavy (non-hydrogen) atoms. The van der Waals surface area contributed by atoms with E-state index >= 15 is 0 Å². The van der Waals surface area contributed by atoms with Crippen LogP contribution >= 0.6 is 0 Å². The van der Waals surface area contributed by atoms with E-state index in [9.17, 15) is 8.78 Å². The Morgan fingerprint density at radius 1 is 0.967 bits per heavy atom. The molecule has 6 fully saturated rings. The predicted octanol–water partition coefficient (Wildman–Crippen LogP) is 2.87. The van der Waals surface area contributed by atoms with Crippen molar-refractivity contribution in [1.82, 2.24) is 10.2 Å². The highest BCUT2D eigenvalue weighted by molar-refractivity contribution is 5.07. The summed E-state index contributed by atoms with van der Waals surface area (Å²) in [5.41, 5.74) is -0.0119. The van der Waals surface area contributed by atoms with Crippen LogP contribution in [0.5, 0.6) is 0 Å². The van der Waals surface area contributed by atoms with Crippen molar-refractivity contribution in [3.05, 3.63) is 0 Å². The first-order valence-electron chi connectivity index (χ1n) is 12.2. The fraction of sp³-hybridized carbons (Fsp3) is 1.00. The predicted molar refractivity (Wildman–Crippen MR) is 110 cm³/mol. The Kier molecular flexibility index (Phi) is 6.64. The molecule has 2 aliphatic carbocycles. The van der Waals surface area contributed by atoms with E-state index in [4.69, 9.17) is 14.2 Å². The van der Waals surface area contributed by atoms with E-state index in [2.05, 4.69) is 10.2 Å². The van der Waals surface area contributed by atoms with E-state index in [1.165, 1.54) is 0 Å². The quantitative estimate of drug-likeness (QED) is 0.643. The Labute approximate surface area is 179 Å². The van der Waals surface area contributed by atoms with E-state index in [1.807, 2.05) is 0 Å². The van der Waals surface area contributed by atoms with Crippen LogP contribution in [0.2, 0.25) is 0 Å². The Balaban J connectivity index is 1.31. The molecule has 0 aromatic carbocycles. The fourth-order valence-electron chi connectivity index (χ4n) is 6.86. The van der Waals surface area contributed by atoms with Crippen molar-refractivity contribution in [1.29, 1.82) is 0 Å². The van der Waals surface area contributed by atoms with Crippen molar-refractivity contribution in [2.75, 3.05) is 46.1 Å². The molecule has 4 heterocycles. The summed E-state index contributed by atoms with van der Waals surface area (Å²) < 4.78 is 47.5. The molecule has 6 rings (SSSR count). The Hall–Kier alpha value is -0.340. The zero-order valence-corrected chi connectivity index (χ0v) is 18.1. The minimum atomic E-state index is -1.17. The van der Waals surface area contributed by atoms with E-state index in [0.29, 0.717) is 25.0 Å². The number of nitrogens with one attached hydrogen (secondary N) is 1. The molecule has 2 bridgehead atoms. The summed E-state index contributed by atoms with van der Waals surface area (Å²) in [7, 11) is 0. The molecule has 0 aromatic rings. The molecule has 2 saturated carbocycles. The van der Waals surface area contributed by atoms with Crippen LogP contribution in [0.3, 0.4) is 0 Å². The minimum absolute atomic E-state index is 0.00200. The Morgan fingerprint density at radius 2 is 1.83 bits per heavy atom. The lowest BCUT2D eigenvalue weighted by Crippen LogP contribution is -2.62. The third kappa shape index (κ3) is 4.29. The average molecular weight is 429 g/mol. The van der Waals surface area contributed by atoms with Crippen LogP contribution in [0, 0.1) is 11.8 Å². The Morgan fingerprint density at radius 3 is 2.63 bits per heavy atom. The minimum Gasteiger partial charge on any atom is -0.378 e. The molecule has 6 aliphatic rings. The zero-order valence-electron chi connectivity index (χ0n) is 18.1. The van der Waals surface area contributed by atoms with Gasteiger partial charge in [-0.1, -0.05) is 0 Å². The molecule has 7 heteroatoms. The summed E-state index contributed by atoms with van der Waals surface area (Å²) in [6, 6.07) is 0.308. The number of hydrogen-bond acceptors (Lipinski definition) is 5. The smallest absolute Gasteiger partial charge is 0.129 e. The van der Waals surface area contributed by atoms with Gasteiger partial charge in [-0.2, -0.15) is 0 Å². The molecule has 5 nitrogen and oxygen atoms in total. The number of halogens is 2. The maximum Gasteiger partial charge on any atom is 0.129 e. The largest absolute Gasteiger partial charge is 0.378 e. The molecule has 4 saturated heterocycles. The van der Waals surface area contributed by atoms with Gasteiger partial charge in [-0.25, -0.2) is 8.78 Å². The van der Waals surface area contributed by atoms with E-state index in [0.717, 1.165) is 78.0 Å². The third-order valence-electron chi connectivity index (χ3n) is 8.51. The van der Waals surface area contributed by atoms with Gasteiger partial charge in [-0.05, 0) is 56.8 Å². The maximum absolute atomic E-state index is 14.8. The monoisotopic (exact) mass is 428 g/mol. The van der Waals surface area contributed by atoms with Crippen molar-refractivity contribution in [2.45, 2.75) is 87.5 Å². The molecule has 4 unspecified atom stereocenters. The van der Waals surface area contributed by atoms with Gasteiger partial charge in [-0.15, -0.1) is 0 Å². The summed E-state index contributed by atoms with van der Waals surface area (Å²) in [6.07, 6.45) is 4.01. The molecular weight excluding hydrogens is 390 g/mol. The number of alkyl halides is 2. The van der Waals surface area contributed by atoms with Crippen LogP contribution in [0.4, 0.5) is 8.78 Å². The molecule has 4 aliphatic heterocycles. The van der Waals surface area contributed by atoms with Crippen molar-refractivity contribution in [2.24, 2.45) is 11.8 Å². The Bertz CT molecular complexity index is 569. The fourth-order valence-corrected chi connectivity index (χ4v) is 6.86. The van der Waals surface area contributed by atoms with E-state index in [-0.39, 0.29) is 24.0 Å². The molecule has 1 spiro atoms. The van der Waals surface area contributed by atoms with E-state index < -0.39 is 18.4 Å². The highest BCUT2D eigenvalue weighted by atomic mass is 19.1. The standard InChI is InChI=1S/C23H38F2N2O3/c24-17-12-19-16-2-4-18(5-3-16)30-14-21-23(15-28-11-7-26-23)6-9-27(21)8-1-10-29-22(19)20(25)13-17/h16-22,26H,1-15H2/t16?,17?,18?,19?,20?,21-,22?,23+/m0/s1. The molecule has 0 radical (unpaired) electrons. The first kappa shape index (κ1) is 21.5. The number of rotatable bonds is 0. The SMILES string of the molecule is FC1CC(F)C2OCCCN3CC[C@@]4(COCCN4)[C@@H]3COC3CCC(CC3)C2C1. The van der Waals surface area contributed by atoms with Crippen LogP contribution in [-0.4, -0.2) is 87.1 Å². The number of fused-ring (bicyclic) bond motifs is 6. The highest BCUT2D eigenvalue weighted by Crippen LogP contribution is 2.42. The van der Waals surface area contributed by atoms with Gasteiger partial charge >= 0.3 is 0 Å². The molecule has 0 aromatic heterocycles. The third-order valence-corrected chi connectivity index (χ3v) is 8.51. The molecule has 0 amide bonds. The number of nitrogens with zero attached hydrogens (tertiary/aromatic N) is 1. The van der Waals surface area contributed by atoms with Crippen LogP contribution in [-0.2, 0) is 14.2 Å². The van der Waals surface area contributed by atoms with Crippen molar-refractivity contribution < 1.29 is 23.0 Å². The lowest BCUT2D eigenvalue weighted by Gasteiger charge is -2.44. The zero-order chi connectivity index (χ0) is 20.6. The summed E-state index contributed by atoms with van der Waals surface area (Å²) in [6.45, 7) is 5.66. The second kappa shape index (κ2) is 9.26. The summed E-state index contributed by atoms with van der Waals surface area (Å²) in [4.78, 5) is 2.52. The van der Waals surface area contributed by atoms with Crippen molar-refractivity contribution in [3.8, 4) is 0 Å². The maximum atomic E-state index is 14.8. The van der Waals surface area contributed by atoms with Crippen LogP contribution in [0.15, 0.2) is 0 Å². The molecule has 172 valence electrons. The first-order chi connectivity index (χ1) is 14.6. The van der Waals surface area contributed by atoms with Gasteiger partial charge in [0.1, 0.15) is 12.3 Å². The van der Waals surface area contributed by atoms with Gasteiger partial charge in [0, 0.05) is 32.7 Å². The van der Waals surface area contributed by atoms with Gasteiger partial charge in [0.25, 0.3) is 0 Å². The van der Waals surface area contributed by atoms with Gasteiger partial charge in [0.2, 0.25) is 0 Å². The van der Waals surface area contributed by atoms with Gasteiger partial charge < -0.3 is 19.5 Å². The average Bonchev–Trinajstić information content (AvgIpc) is 3.07. The van der Waals surface area contributed by atoms with Crippen molar-refractivity contribution in [3.63, 3.8) is 0 Å². The van der Waals surface area contributed by atoms with E-state index in [1.54, 1.807) is 0 Å². The molecule has 6 atom stereocenters. The topological polar surface area (TPSA) is 43.0 Å². The van der Waals surface area contributed by atoms with Crippen LogP contribution < -0.4 is 5.32 Å². The molecule has 1 N–H and O–H groups in total.